The van der Waals surface area contributed by atoms with E-state index in [1.165, 1.54) is 12.1 Å². The molecule has 2 aromatic carbocycles. The number of amides is 4. The third kappa shape index (κ3) is 5.42. The van der Waals surface area contributed by atoms with E-state index in [1.807, 2.05) is 30.3 Å². The summed E-state index contributed by atoms with van der Waals surface area (Å²) in [4.78, 5) is 38.9. The average Bonchev–Trinajstić information content (AvgIpc) is 3.33. The predicted octanol–water partition coefficient (Wildman–Crippen LogP) is 4.15. The minimum Gasteiger partial charge on any atom is -0.459 e. The van der Waals surface area contributed by atoms with Gasteiger partial charge in [-0.15, -0.1) is 0 Å². The van der Waals surface area contributed by atoms with Gasteiger partial charge in [0.05, 0.1) is 6.04 Å². The van der Waals surface area contributed by atoms with E-state index in [-0.39, 0.29) is 12.2 Å². The SMILES string of the molecule is C[C@H](NC(=O)CN1C(=O)N[C@@](C)(CCc2ccc(OC(F)F)cc2)C1=O)c1cc2ccccc2o1. The average molecular weight is 485 g/mol. The van der Waals surface area contributed by atoms with Crippen molar-refractivity contribution in [3.63, 3.8) is 0 Å². The molecular formula is C25H25F2N3O5. The van der Waals surface area contributed by atoms with Gasteiger partial charge >= 0.3 is 12.6 Å². The van der Waals surface area contributed by atoms with Crippen molar-refractivity contribution in [3.05, 3.63) is 65.9 Å². The Hall–Kier alpha value is -3.95. The first-order valence-corrected chi connectivity index (χ1v) is 11.1. The molecule has 8 nitrogen and oxygen atoms in total. The highest BCUT2D eigenvalue weighted by Crippen LogP contribution is 2.26. The summed E-state index contributed by atoms with van der Waals surface area (Å²) >= 11 is 0. The van der Waals surface area contributed by atoms with Crippen LogP contribution < -0.4 is 15.4 Å². The molecule has 4 amide bonds. The second kappa shape index (κ2) is 9.73. The Morgan fingerprint density at radius 3 is 2.57 bits per heavy atom. The van der Waals surface area contributed by atoms with Gasteiger partial charge in [0.15, 0.2) is 0 Å². The van der Waals surface area contributed by atoms with Crippen molar-refractivity contribution < 1.29 is 32.3 Å². The highest BCUT2D eigenvalue weighted by atomic mass is 19.3. The highest BCUT2D eigenvalue weighted by Gasteiger charge is 2.47. The normalized spacial score (nSPS) is 18.7. The number of urea groups is 1. The number of carbonyl (C=O) groups excluding carboxylic acids is 3. The fourth-order valence-electron chi connectivity index (χ4n) is 4.01. The Kier molecular flexibility index (Phi) is 6.72. The van der Waals surface area contributed by atoms with Crippen molar-refractivity contribution in [3.8, 4) is 5.75 Å². The Morgan fingerprint density at radius 1 is 1.17 bits per heavy atom. The Labute approximate surface area is 200 Å². The van der Waals surface area contributed by atoms with E-state index < -0.39 is 42.6 Å². The molecule has 184 valence electrons. The van der Waals surface area contributed by atoms with Gasteiger partial charge in [0.2, 0.25) is 5.91 Å². The van der Waals surface area contributed by atoms with Gasteiger partial charge in [0, 0.05) is 5.39 Å². The largest absolute Gasteiger partial charge is 0.459 e. The molecule has 0 bridgehead atoms. The van der Waals surface area contributed by atoms with Crippen LogP contribution in [-0.2, 0) is 16.0 Å². The Balaban J connectivity index is 1.33. The second-order valence-electron chi connectivity index (χ2n) is 8.65. The Morgan fingerprint density at radius 2 is 1.89 bits per heavy atom. The topological polar surface area (TPSA) is 101 Å². The number of alkyl halides is 2. The number of aryl methyl sites for hydroxylation is 1. The molecule has 35 heavy (non-hydrogen) atoms. The van der Waals surface area contributed by atoms with E-state index in [0.29, 0.717) is 17.8 Å². The maximum atomic E-state index is 13.0. The molecule has 0 saturated carbocycles. The summed E-state index contributed by atoms with van der Waals surface area (Å²) in [7, 11) is 0. The number of carbonyl (C=O) groups is 3. The molecule has 0 spiro atoms. The van der Waals surface area contributed by atoms with Crippen molar-refractivity contribution in [2.24, 2.45) is 0 Å². The van der Waals surface area contributed by atoms with Crippen molar-refractivity contribution in [2.45, 2.75) is 44.9 Å². The van der Waals surface area contributed by atoms with Gasteiger partial charge in [0.1, 0.15) is 29.2 Å². The van der Waals surface area contributed by atoms with Crippen LogP contribution in [0, 0.1) is 0 Å². The molecule has 0 aliphatic carbocycles. The van der Waals surface area contributed by atoms with Crippen molar-refractivity contribution >= 4 is 28.8 Å². The number of hydrogen-bond donors (Lipinski definition) is 2. The van der Waals surface area contributed by atoms with Crippen LogP contribution in [0.1, 0.15) is 37.6 Å². The predicted molar refractivity (Wildman–Crippen MR) is 123 cm³/mol. The molecule has 2 heterocycles. The van der Waals surface area contributed by atoms with E-state index in [0.717, 1.165) is 15.8 Å². The van der Waals surface area contributed by atoms with Gasteiger partial charge in [-0.2, -0.15) is 8.78 Å². The highest BCUT2D eigenvalue weighted by molar-refractivity contribution is 6.08. The van der Waals surface area contributed by atoms with Gasteiger partial charge in [-0.25, -0.2) is 4.79 Å². The van der Waals surface area contributed by atoms with Gasteiger partial charge in [-0.3, -0.25) is 14.5 Å². The van der Waals surface area contributed by atoms with E-state index in [2.05, 4.69) is 15.4 Å². The van der Waals surface area contributed by atoms with Crippen molar-refractivity contribution in [1.82, 2.24) is 15.5 Å². The number of ether oxygens (including phenoxy) is 1. The van der Waals surface area contributed by atoms with E-state index in [4.69, 9.17) is 4.42 Å². The third-order valence-electron chi connectivity index (χ3n) is 5.96. The van der Waals surface area contributed by atoms with Crippen molar-refractivity contribution in [2.75, 3.05) is 6.54 Å². The number of rotatable bonds is 9. The smallest absolute Gasteiger partial charge is 0.387 e. The quantitative estimate of drug-likeness (QED) is 0.444. The number of nitrogens with one attached hydrogen (secondary N) is 2. The fraction of sp³-hybridized carbons (Fsp3) is 0.320. The molecular weight excluding hydrogens is 460 g/mol. The molecule has 2 atom stereocenters. The first-order chi connectivity index (χ1) is 16.6. The van der Waals surface area contributed by atoms with Gasteiger partial charge in [0.25, 0.3) is 5.91 Å². The van der Waals surface area contributed by atoms with Crippen LogP contribution in [0.15, 0.2) is 59.0 Å². The van der Waals surface area contributed by atoms with Crippen LogP contribution in [0.2, 0.25) is 0 Å². The van der Waals surface area contributed by atoms with Crippen LogP contribution in [0.25, 0.3) is 11.0 Å². The number of fused-ring (bicyclic) bond motifs is 1. The minimum absolute atomic E-state index is 0.0364. The van der Waals surface area contributed by atoms with Crippen LogP contribution in [0.4, 0.5) is 13.6 Å². The molecule has 1 fully saturated rings. The molecule has 1 aromatic heterocycles. The molecule has 10 heteroatoms. The maximum Gasteiger partial charge on any atom is 0.387 e. The lowest BCUT2D eigenvalue weighted by Crippen LogP contribution is -2.45. The lowest BCUT2D eigenvalue weighted by molar-refractivity contribution is -0.135. The van der Waals surface area contributed by atoms with Gasteiger partial charge < -0.3 is 19.8 Å². The van der Waals surface area contributed by atoms with E-state index >= 15 is 0 Å². The molecule has 1 saturated heterocycles. The van der Waals surface area contributed by atoms with Crippen LogP contribution >= 0.6 is 0 Å². The fourth-order valence-corrected chi connectivity index (χ4v) is 4.01. The lowest BCUT2D eigenvalue weighted by Gasteiger charge is -2.22. The molecule has 2 N–H and O–H groups in total. The summed E-state index contributed by atoms with van der Waals surface area (Å²) in [5.41, 5.74) is 0.287. The molecule has 1 aliphatic heterocycles. The summed E-state index contributed by atoms with van der Waals surface area (Å²) in [6, 6.07) is 14.3. The molecule has 0 unspecified atom stereocenters. The molecule has 1 aliphatic rings. The van der Waals surface area contributed by atoms with Crippen LogP contribution in [0.3, 0.4) is 0 Å². The first-order valence-electron chi connectivity index (χ1n) is 11.1. The standard InChI is InChI=1S/C25H25F2N3O5/c1-15(20-13-17-5-3-4-6-19(17)35-20)28-21(31)14-30-22(32)25(2,29-24(30)33)12-11-16-7-9-18(10-8-16)34-23(26)27/h3-10,13,15,23H,11-12,14H2,1-2H3,(H,28,31)(H,29,33)/t15-,25-/m0/s1. The summed E-state index contributed by atoms with van der Waals surface area (Å²) in [5, 5.41) is 6.33. The maximum absolute atomic E-state index is 13.0. The number of para-hydroxylation sites is 1. The third-order valence-corrected chi connectivity index (χ3v) is 5.96. The number of furan rings is 1. The summed E-state index contributed by atoms with van der Waals surface area (Å²) in [6.07, 6.45) is 0.667. The van der Waals surface area contributed by atoms with Crippen LogP contribution in [0.5, 0.6) is 5.75 Å². The van der Waals surface area contributed by atoms with E-state index in [9.17, 15) is 23.2 Å². The second-order valence-corrected chi connectivity index (χ2v) is 8.65. The lowest BCUT2D eigenvalue weighted by atomic mass is 9.93. The summed E-state index contributed by atoms with van der Waals surface area (Å²) in [5.74, 6) is -0.409. The molecule has 0 radical (unpaired) electrons. The van der Waals surface area contributed by atoms with Gasteiger partial charge in [-0.05, 0) is 56.5 Å². The number of nitrogens with zero attached hydrogens (tertiary/aromatic N) is 1. The number of halogens is 2. The zero-order chi connectivity index (χ0) is 25.2. The summed E-state index contributed by atoms with van der Waals surface area (Å²) in [6.45, 7) is 0.0143. The molecule has 3 aromatic rings. The zero-order valence-electron chi connectivity index (χ0n) is 19.2. The van der Waals surface area contributed by atoms with Gasteiger partial charge in [-0.1, -0.05) is 30.3 Å². The number of hydrogen-bond acceptors (Lipinski definition) is 5. The monoisotopic (exact) mass is 485 g/mol. The first kappa shape index (κ1) is 24.2. The summed E-state index contributed by atoms with van der Waals surface area (Å²) < 4.78 is 34.7. The number of imide groups is 1. The van der Waals surface area contributed by atoms with E-state index in [1.54, 1.807) is 26.0 Å². The van der Waals surface area contributed by atoms with Crippen molar-refractivity contribution in [1.29, 1.82) is 0 Å². The minimum atomic E-state index is -2.91. The molecule has 4 rings (SSSR count). The van der Waals surface area contributed by atoms with Crippen LogP contribution in [-0.4, -0.2) is 41.4 Å². The number of benzene rings is 2. The Bertz CT molecular complexity index is 1210. The zero-order valence-corrected chi connectivity index (χ0v) is 19.2.